The van der Waals surface area contributed by atoms with Gasteiger partial charge in [-0.3, -0.25) is 0 Å². The quantitative estimate of drug-likeness (QED) is 0.828. The molecule has 2 aromatic heterocycles. The van der Waals surface area contributed by atoms with Crippen molar-refractivity contribution in [2.75, 3.05) is 6.54 Å². The van der Waals surface area contributed by atoms with Crippen molar-refractivity contribution in [2.24, 2.45) is 0 Å². The van der Waals surface area contributed by atoms with Crippen molar-refractivity contribution in [3.63, 3.8) is 0 Å². The van der Waals surface area contributed by atoms with Gasteiger partial charge in [0.2, 0.25) is 0 Å². The summed E-state index contributed by atoms with van der Waals surface area (Å²) in [6, 6.07) is 6.00. The Morgan fingerprint density at radius 3 is 3.06 bits per heavy atom. The molecule has 0 aliphatic heterocycles. The van der Waals surface area contributed by atoms with Gasteiger partial charge in [-0.05, 0) is 12.1 Å². The van der Waals surface area contributed by atoms with Crippen molar-refractivity contribution >= 4 is 22.7 Å². The maximum atomic E-state index is 8.68. The highest BCUT2D eigenvalue weighted by atomic mass is 32.1. The first-order chi connectivity index (χ1) is 7.88. The predicted molar refractivity (Wildman–Crippen MR) is 66.6 cm³/mol. The smallest absolute Gasteiger partial charge is 0.110 e. The Balaban J connectivity index is 1.70. The molecule has 0 aromatic carbocycles. The van der Waals surface area contributed by atoms with Gasteiger partial charge in [-0.1, -0.05) is 0 Å². The number of thiazole rings is 1. The van der Waals surface area contributed by atoms with Crippen LogP contribution in [-0.4, -0.2) is 11.5 Å². The molecule has 0 aliphatic carbocycles. The lowest BCUT2D eigenvalue weighted by atomic mass is 10.3. The van der Waals surface area contributed by atoms with Gasteiger partial charge in [0.25, 0.3) is 0 Å². The van der Waals surface area contributed by atoms with Gasteiger partial charge in [0, 0.05) is 29.8 Å². The standard InChI is InChI=1S/C11H11N3S2/c12-5-10-1-2-11(16-10)6-13-4-3-9-7-15-8-14-9/h1-2,7-8,13H,3-4,6H2. The van der Waals surface area contributed by atoms with E-state index >= 15 is 0 Å². The van der Waals surface area contributed by atoms with Crippen molar-refractivity contribution in [3.05, 3.63) is 38.5 Å². The van der Waals surface area contributed by atoms with Gasteiger partial charge in [0.1, 0.15) is 10.9 Å². The molecule has 0 atom stereocenters. The lowest BCUT2D eigenvalue weighted by Gasteiger charge is -2.00. The van der Waals surface area contributed by atoms with Crippen LogP contribution in [-0.2, 0) is 13.0 Å². The van der Waals surface area contributed by atoms with Crippen LogP contribution in [0.2, 0.25) is 0 Å². The molecule has 82 valence electrons. The molecule has 0 aliphatic rings. The minimum absolute atomic E-state index is 0.774. The van der Waals surface area contributed by atoms with Gasteiger partial charge in [-0.25, -0.2) is 4.98 Å². The van der Waals surface area contributed by atoms with Gasteiger partial charge in [-0.2, -0.15) is 5.26 Å². The van der Waals surface area contributed by atoms with Crippen LogP contribution in [0.3, 0.4) is 0 Å². The fourth-order valence-corrected chi connectivity index (χ4v) is 2.69. The van der Waals surface area contributed by atoms with Gasteiger partial charge < -0.3 is 5.32 Å². The van der Waals surface area contributed by atoms with Gasteiger partial charge >= 0.3 is 0 Å². The lowest BCUT2D eigenvalue weighted by Crippen LogP contribution is -2.15. The molecular formula is C11H11N3S2. The average molecular weight is 249 g/mol. The molecule has 16 heavy (non-hydrogen) atoms. The Labute approximate surface area is 102 Å². The summed E-state index contributed by atoms with van der Waals surface area (Å²) < 4.78 is 0. The number of aromatic nitrogens is 1. The molecule has 2 heterocycles. The van der Waals surface area contributed by atoms with Crippen molar-refractivity contribution in [1.82, 2.24) is 10.3 Å². The zero-order valence-corrected chi connectivity index (χ0v) is 10.3. The molecule has 2 rings (SSSR count). The monoisotopic (exact) mass is 249 g/mol. The van der Waals surface area contributed by atoms with Crippen molar-refractivity contribution in [2.45, 2.75) is 13.0 Å². The third-order valence-electron chi connectivity index (χ3n) is 2.11. The first-order valence-corrected chi connectivity index (χ1v) is 6.71. The summed E-state index contributed by atoms with van der Waals surface area (Å²) in [5, 5.41) is 14.1. The fourth-order valence-electron chi connectivity index (χ4n) is 1.32. The maximum absolute atomic E-state index is 8.68. The van der Waals surface area contributed by atoms with E-state index in [-0.39, 0.29) is 0 Å². The molecule has 2 aromatic rings. The molecular weight excluding hydrogens is 238 g/mol. The number of hydrogen-bond acceptors (Lipinski definition) is 5. The second kappa shape index (κ2) is 5.75. The molecule has 0 spiro atoms. The largest absolute Gasteiger partial charge is 0.311 e. The third-order valence-corrected chi connectivity index (χ3v) is 3.74. The second-order valence-electron chi connectivity index (χ2n) is 3.28. The fraction of sp³-hybridized carbons (Fsp3) is 0.273. The van der Waals surface area contributed by atoms with Crippen LogP contribution in [0.5, 0.6) is 0 Å². The van der Waals surface area contributed by atoms with E-state index in [0.717, 1.165) is 30.1 Å². The molecule has 5 heteroatoms. The first-order valence-electron chi connectivity index (χ1n) is 4.95. The topological polar surface area (TPSA) is 48.7 Å². The Bertz CT molecular complexity index is 468. The van der Waals surface area contributed by atoms with Gasteiger partial charge in [-0.15, -0.1) is 22.7 Å². The summed E-state index contributed by atoms with van der Waals surface area (Å²) in [6.45, 7) is 1.75. The van der Waals surface area contributed by atoms with Gasteiger partial charge in [0.05, 0.1) is 11.2 Å². The van der Waals surface area contributed by atoms with Crippen LogP contribution in [0, 0.1) is 11.3 Å². The van der Waals surface area contributed by atoms with E-state index in [1.165, 1.54) is 4.88 Å². The normalized spacial score (nSPS) is 10.2. The Kier molecular flexibility index (Phi) is 4.05. The van der Waals surface area contributed by atoms with Crippen LogP contribution in [0.1, 0.15) is 15.4 Å². The number of nitrogens with zero attached hydrogens (tertiary/aromatic N) is 2. The van der Waals surface area contributed by atoms with E-state index in [2.05, 4.69) is 21.8 Å². The van der Waals surface area contributed by atoms with E-state index in [0.29, 0.717) is 0 Å². The van der Waals surface area contributed by atoms with Crippen LogP contribution in [0.15, 0.2) is 23.0 Å². The van der Waals surface area contributed by atoms with Crippen LogP contribution < -0.4 is 5.32 Å². The molecule has 1 N–H and O–H groups in total. The van der Waals surface area contributed by atoms with Crippen LogP contribution in [0.25, 0.3) is 0 Å². The molecule has 0 unspecified atom stereocenters. The van der Waals surface area contributed by atoms with Crippen molar-refractivity contribution in [1.29, 1.82) is 5.26 Å². The van der Waals surface area contributed by atoms with Crippen molar-refractivity contribution in [3.8, 4) is 6.07 Å². The highest BCUT2D eigenvalue weighted by Crippen LogP contribution is 2.14. The lowest BCUT2D eigenvalue weighted by molar-refractivity contribution is 0.688. The van der Waals surface area contributed by atoms with E-state index in [1.54, 1.807) is 22.7 Å². The zero-order valence-electron chi connectivity index (χ0n) is 8.64. The summed E-state index contributed by atoms with van der Waals surface area (Å²) in [5.41, 5.74) is 3.00. The predicted octanol–water partition coefficient (Wildman–Crippen LogP) is 2.41. The molecule has 0 bridgehead atoms. The highest BCUT2D eigenvalue weighted by molar-refractivity contribution is 7.12. The molecule has 0 saturated heterocycles. The van der Waals surface area contributed by atoms with Crippen LogP contribution >= 0.6 is 22.7 Å². The van der Waals surface area contributed by atoms with E-state index in [9.17, 15) is 0 Å². The summed E-state index contributed by atoms with van der Waals surface area (Å²) in [6.07, 6.45) is 0.958. The number of rotatable bonds is 5. The summed E-state index contributed by atoms with van der Waals surface area (Å²) in [7, 11) is 0. The summed E-state index contributed by atoms with van der Waals surface area (Å²) >= 11 is 3.17. The van der Waals surface area contributed by atoms with Crippen LogP contribution in [0.4, 0.5) is 0 Å². The first kappa shape index (κ1) is 11.3. The zero-order chi connectivity index (χ0) is 11.2. The van der Waals surface area contributed by atoms with E-state index in [4.69, 9.17) is 5.26 Å². The molecule has 3 nitrogen and oxygen atoms in total. The van der Waals surface area contributed by atoms with E-state index < -0.39 is 0 Å². The number of nitriles is 1. The second-order valence-corrected chi connectivity index (χ2v) is 5.17. The molecule has 0 fully saturated rings. The maximum Gasteiger partial charge on any atom is 0.110 e. The van der Waals surface area contributed by atoms with Gasteiger partial charge in [0.15, 0.2) is 0 Å². The molecule has 0 amide bonds. The van der Waals surface area contributed by atoms with E-state index in [1.807, 2.05) is 17.6 Å². The summed E-state index contributed by atoms with van der Waals surface area (Å²) in [4.78, 5) is 6.19. The van der Waals surface area contributed by atoms with Crippen molar-refractivity contribution < 1.29 is 0 Å². The molecule has 0 radical (unpaired) electrons. The summed E-state index contributed by atoms with van der Waals surface area (Å²) in [5.74, 6) is 0. The highest BCUT2D eigenvalue weighted by Gasteiger charge is 1.99. The SMILES string of the molecule is N#Cc1ccc(CNCCc2cscn2)s1. The average Bonchev–Trinajstić information content (AvgIpc) is 2.95. The minimum atomic E-state index is 0.774. The Morgan fingerprint density at radius 1 is 1.44 bits per heavy atom. The number of hydrogen-bond donors (Lipinski definition) is 1. The Hall–Kier alpha value is -1.22. The Morgan fingerprint density at radius 2 is 2.38 bits per heavy atom. The minimum Gasteiger partial charge on any atom is -0.311 e. The third kappa shape index (κ3) is 3.14. The number of nitrogens with one attached hydrogen (secondary N) is 1. The number of thiophene rings is 1. The molecule has 0 saturated carbocycles.